The van der Waals surface area contributed by atoms with Gasteiger partial charge in [-0.1, -0.05) is 29.6 Å². The van der Waals surface area contributed by atoms with Crippen molar-refractivity contribution < 1.29 is 14.3 Å². The second-order valence-electron chi connectivity index (χ2n) is 11.0. The summed E-state index contributed by atoms with van der Waals surface area (Å²) in [6, 6.07) is 8.84. The van der Waals surface area contributed by atoms with Gasteiger partial charge < -0.3 is 19.8 Å². The number of anilines is 3. The summed E-state index contributed by atoms with van der Waals surface area (Å²) in [6.45, 7) is 5.06. The van der Waals surface area contributed by atoms with E-state index < -0.39 is 0 Å². The lowest BCUT2D eigenvalue weighted by molar-refractivity contribution is -0.142. The molecule has 11 nitrogen and oxygen atoms in total. The first-order chi connectivity index (χ1) is 20.3. The van der Waals surface area contributed by atoms with Crippen molar-refractivity contribution in [3.05, 3.63) is 40.7 Å². The fraction of sp³-hybridized carbons (Fsp3) is 0.464. The van der Waals surface area contributed by atoms with Crippen molar-refractivity contribution in [3.8, 4) is 17.3 Å². The van der Waals surface area contributed by atoms with Gasteiger partial charge in [0.15, 0.2) is 10.9 Å². The number of thiazole rings is 1. The molecule has 1 aromatic carbocycles. The van der Waals surface area contributed by atoms with Gasteiger partial charge in [-0.2, -0.15) is 9.78 Å². The van der Waals surface area contributed by atoms with Crippen LogP contribution in [-0.4, -0.2) is 98.4 Å². The number of carbonyl (C=O) groups excluding carboxylic acids is 1. The van der Waals surface area contributed by atoms with E-state index >= 15 is 0 Å². The quantitative estimate of drug-likeness (QED) is 0.338. The Labute approximate surface area is 250 Å². The van der Waals surface area contributed by atoms with Crippen molar-refractivity contribution >= 4 is 49.6 Å². The summed E-state index contributed by atoms with van der Waals surface area (Å²) in [4.78, 5) is 31.9. The summed E-state index contributed by atoms with van der Waals surface area (Å²) < 4.78 is 15.4. The number of nitrogens with zero attached hydrogens (tertiary/aromatic N) is 9. The number of aromatic nitrogens is 4. The first-order valence-corrected chi connectivity index (χ1v) is 15.7. The van der Waals surface area contributed by atoms with E-state index in [4.69, 9.17) is 15.1 Å². The largest absolute Gasteiger partial charge is 0.389 e. The molecular weight excluding hydrogens is 578 g/mol. The van der Waals surface area contributed by atoms with Crippen LogP contribution < -0.4 is 9.80 Å². The minimum absolute atomic E-state index is 0.0937. The maximum Gasteiger partial charge on any atom is 0.236 e. The third-order valence-corrected chi connectivity index (χ3v) is 10.5. The molecule has 218 valence electrons. The van der Waals surface area contributed by atoms with Gasteiger partial charge in [-0.15, -0.1) is 5.10 Å². The first kappa shape index (κ1) is 27.2. The van der Waals surface area contributed by atoms with Crippen molar-refractivity contribution in [3.63, 3.8) is 0 Å². The Morgan fingerprint density at radius 1 is 1.17 bits per heavy atom. The number of aliphatic hydroxyl groups excluding tert-OH is 1. The molecule has 3 fully saturated rings. The Balaban J connectivity index is 1.14. The molecule has 3 saturated heterocycles. The van der Waals surface area contributed by atoms with Crippen LogP contribution in [0.1, 0.15) is 30.3 Å². The monoisotopic (exact) mass is 607 g/mol. The zero-order chi connectivity index (χ0) is 29.1. The molecule has 42 heavy (non-hydrogen) atoms. The van der Waals surface area contributed by atoms with Crippen LogP contribution >= 0.6 is 22.7 Å². The smallest absolute Gasteiger partial charge is 0.236 e. The van der Waals surface area contributed by atoms with E-state index in [1.54, 1.807) is 28.4 Å². The number of nitriles is 1. The third kappa shape index (κ3) is 4.51. The van der Waals surface area contributed by atoms with Gasteiger partial charge in [0.25, 0.3) is 0 Å². The van der Waals surface area contributed by atoms with E-state index in [1.807, 2.05) is 16.5 Å². The molecule has 4 aromatic rings. The van der Waals surface area contributed by atoms with Crippen LogP contribution in [0.5, 0.6) is 0 Å². The number of aryl methyl sites for hydroxylation is 1. The second-order valence-corrected chi connectivity index (χ2v) is 12.9. The van der Waals surface area contributed by atoms with Crippen LogP contribution in [0, 0.1) is 17.1 Å². The van der Waals surface area contributed by atoms with Crippen molar-refractivity contribution in [1.82, 2.24) is 29.4 Å². The number of halogens is 1. The summed E-state index contributed by atoms with van der Waals surface area (Å²) >= 11 is 2.85. The Kier molecular flexibility index (Phi) is 6.85. The predicted octanol–water partition coefficient (Wildman–Crippen LogP) is 3.11. The van der Waals surface area contributed by atoms with E-state index in [2.05, 4.69) is 22.8 Å². The topological polar surface area (TPSA) is 117 Å². The summed E-state index contributed by atoms with van der Waals surface area (Å²) in [5.41, 5.74) is 2.10. The van der Waals surface area contributed by atoms with E-state index in [0.29, 0.717) is 53.4 Å². The average Bonchev–Trinajstić information content (AvgIpc) is 3.77. The van der Waals surface area contributed by atoms with E-state index in [-0.39, 0.29) is 23.9 Å². The van der Waals surface area contributed by atoms with Gasteiger partial charge in [-0.05, 0) is 43.5 Å². The van der Waals surface area contributed by atoms with Crippen LogP contribution in [0.2, 0.25) is 0 Å². The minimum atomic E-state index is -0.385. The molecule has 1 amide bonds. The lowest BCUT2D eigenvalue weighted by Crippen LogP contribution is -2.56. The fourth-order valence-corrected chi connectivity index (χ4v) is 8.17. The first-order valence-electron chi connectivity index (χ1n) is 14.1. The normalized spacial score (nSPS) is 20.7. The zero-order valence-electron chi connectivity index (χ0n) is 23.3. The van der Waals surface area contributed by atoms with Crippen LogP contribution in [0.4, 0.5) is 20.5 Å². The SMILES string of the molecule is CCc1nc2sc(N3CCC4C3CCN4CC(=O)N3CC(O)C3)nn2c1N(C)c1nc(-c2ccc(F)cc2)c(C#N)s1. The number of fused-ring (bicyclic) bond motifs is 2. The molecule has 1 N–H and O–H groups in total. The molecule has 0 radical (unpaired) electrons. The molecule has 0 saturated carbocycles. The van der Waals surface area contributed by atoms with E-state index in [9.17, 15) is 19.6 Å². The Morgan fingerprint density at radius 3 is 2.64 bits per heavy atom. The molecule has 0 spiro atoms. The van der Waals surface area contributed by atoms with Gasteiger partial charge in [0, 0.05) is 50.9 Å². The van der Waals surface area contributed by atoms with Gasteiger partial charge in [0.2, 0.25) is 16.0 Å². The number of likely N-dealkylation sites (tertiary alicyclic amines) is 2. The van der Waals surface area contributed by atoms with Gasteiger partial charge in [0.1, 0.15) is 22.5 Å². The highest BCUT2D eigenvalue weighted by Crippen LogP contribution is 2.40. The highest BCUT2D eigenvalue weighted by atomic mass is 32.1. The van der Waals surface area contributed by atoms with Gasteiger partial charge in [0.05, 0.1) is 18.3 Å². The van der Waals surface area contributed by atoms with Crippen LogP contribution in [-0.2, 0) is 11.2 Å². The highest BCUT2D eigenvalue weighted by Gasteiger charge is 2.45. The van der Waals surface area contributed by atoms with E-state index in [1.165, 1.54) is 23.5 Å². The fourth-order valence-electron chi connectivity index (χ4n) is 6.32. The molecule has 7 rings (SSSR count). The van der Waals surface area contributed by atoms with Crippen LogP contribution in [0.15, 0.2) is 24.3 Å². The average molecular weight is 608 g/mol. The number of β-amino-alcohol motifs (C(OH)–C–C–N with tert-alkyl or cyclic N) is 1. The lowest BCUT2D eigenvalue weighted by atomic mass is 10.1. The van der Waals surface area contributed by atoms with Crippen molar-refractivity contribution in [2.45, 2.75) is 44.4 Å². The molecule has 3 aromatic heterocycles. The van der Waals surface area contributed by atoms with Crippen molar-refractivity contribution in [2.24, 2.45) is 0 Å². The molecule has 3 aliphatic rings. The summed E-state index contributed by atoms with van der Waals surface area (Å²) in [5.74, 6) is 0.565. The summed E-state index contributed by atoms with van der Waals surface area (Å²) in [7, 11) is 1.91. The van der Waals surface area contributed by atoms with Crippen molar-refractivity contribution in [2.75, 3.05) is 49.6 Å². The predicted molar refractivity (Wildman–Crippen MR) is 159 cm³/mol. The van der Waals surface area contributed by atoms with Gasteiger partial charge in [-0.3, -0.25) is 9.69 Å². The van der Waals surface area contributed by atoms with Crippen LogP contribution in [0.3, 0.4) is 0 Å². The zero-order valence-corrected chi connectivity index (χ0v) is 24.9. The Morgan fingerprint density at radius 2 is 1.93 bits per heavy atom. The molecule has 14 heteroatoms. The van der Waals surface area contributed by atoms with Crippen LogP contribution in [0.25, 0.3) is 16.2 Å². The second kappa shape index (κ2) is 10.6. The molecule has 3 aliphatic heterocycles. The van der Waals surface area contributed by atoms with Crippen molar-refractivity contribution in [1.29, 1.82) is 5.26 Å². The standard InChI is InChI=1S/C28H30FN9O2S2/c1-3-19-25(34(2)26-32-24(22(12-30)41-26)16-4-6-17(29)7-5-16)38-27(31-19)42-28(33-38)37-11-9-20-21(37)8-10-35(20)15-23(40)36-13-18(39)14-36/h4-7,18,20-21,39H,3,8-11,13-15H2,1-2H3. The number of benzene rings is 1. The summed E-state index contributed by atoms with van der Waals surface area (Å²) in [5, 5.41) is 25.9. The Bertz CT molecular complexity index is 1690. The highest BCUT2D eigenvalue weighted by molar-refractivity contribution is 7.20. The van der Waals surface area contributed by atoms with E-state index in [0.717, 1.165) is 47.5 Å². The maximum absolute atomic E-state index is 13.5. The molecule has 2 atom stereocenters. The molecule has 0 bridgehead atoms. The number of hydrogen-bond acceptors (Lipinski definition) is 11. The Hall–Kier alpha value is -3.64. The van der Waals surface area contributed by atoms with Gasteiger partial charge in [-0.25, -0.2) is 14.4 Å². The number of carbonyl (C=O) groups is 1. The molecular formula is C28H30FN9O2S2. The molecule has 6 heterocycles. The summed E-state index contributed by atoms with van der Waals surface area (Å²) in [6.07, 6.45) is 2.26. The van der Waals surface area contributed by atoms with Gasteiger partial charge >= 0.3 is 0 Å². The number of rotatable bonds is 7. The minimum Gasteiger partial charge on any atom is -0.389 e. The number of amides is 1. The third-order valence-electron chi connectivity index (χ3n) is 8.50. The lowest BCUT2D eigenvalue weighted by Gasteiger charge is -2.37. The molecule has 0 aliphatic carbocycles. The number of aliphatic hydroxyl groups is 1. The number of hydrogen-bond donors (Lipinski definition) is 1. The number of imidazole rings is 1. The maximum atomic E-state index is 13.5. The molecule has 2 unspecified atom stereocenters.